The number of carbonyl (C=O) groups is 1. The molecule has 1 saturated heterocycles. The van der Waals surface area contributed by atoms with E-state index in [1.165, 1.54) is 30.3 Å². The minimum absolute atomic E-state index is 0.0526. The van der Waals surface area contributed by atoms with Gasteiger partial charge in [0, 0.05) is 37.1 Å². The second-order valence-electron chi connectivity index (χ2n) is 6.81. The van der Waals surface area contributed by atoms with E-state index in [9.17, 15) is 4.79 Å². The predicted octanol–water partition coefficient (Wildman–Crippen LogP) is 3.81. The van der Waals surface area contributed by atoms with E-state index in [1.807, 2.05) is 54.1 Å². The van der Waals surface area contributed by atoms with Gasteiger partial charge in [0.15, 0.2) is 11.0 Å². The van der Waals surface area contributed by atoms with Crippen molar-refractivity contribution in [3.8, 4) is 11.4 Å². The zero-order valence-corrected chi connectivity index (χ0v) is 16.7. The van der Waals surface area contributed by atoms with Crippen molar-refractivity contribution in [2.75, 3.05) is 29.1 Å². The average molecular weight is 394 g/mol. The zero-order chi connectivity index (χ0) is 19.3. The lowest BCUT2D eigenvalue weighted by molar-refractivity contribution is -0.113. The predicted molar refractivity (Wildman–Crippen MR) is 114 cm³/mol. The third-order valence-corrected chi connectivity index (χ3v) is 5.84. The fourth-order valence-electron chi connectivity index (χ4n) is 3.34. The Kier molecular flexibility index (Phi) is 5.62. The normalized spacial score (nSPS) is 13.7. The molecule has 0 saturated carbocycles. The number of benzene rings is 2. The van der Waals surface area contributed by atoms with Gasteiger partial charge in [0.25, 0.3) is 0 Å². The number of nitrogens with zero attached hydrogens (tertiary/aromatic N) is 4. The van der Waals surface area contributed by atoms with Crippen LogP contribution in [0.4, 0.5) is 11.4 Å². The Balaban J connectivity index is 1.33. The van der Waals surface area contributed by atoms with E-state index in [4.69, 9.17) is 0 Å². The van der Waals surface area contributed by atoms with E-state index >= 15 is 0 Å². The van der Waals surface area contributed by atoms with Crippen molar-refractivity contribution < 1.29 is 4.79 Å². The number of thioether (sulfide) groups is 1. The lowest BCUT2D eigenvalue weighted by Gasteiger charge is -2.17. The van der Waals surface area contributed by atoms with E-state index < -0.39 is 0 Å². The first kappa shape index (κ1) is 18.6. The largest absolute Gasteiger partial charge is 0.372 e. The molecule has 0 aliphatic carbocycles. The highest BCUT2D eigenvalue weighted by atomic mass is 32.2. The van der Waals surface area contributed by atoms with Crippen LogP contribution in [0.1, 0.15) is 12.8 Å². The minimum atomic E-state index is -0.0526. The first-order chi connectivity index (χ1) is 13.7. The highest BCUT2D eigenvalue weighted by molar-refractivity contribution is 7.99. The fourth-order valence-corrected chi connectivity index (χ4v) is 4.05. The molecular weight excluding hydrogens is 370 g/mol. The summed E-state index contributed by atoms with van der Waals surface area (Å²) >= 11 is 1.38. The zero-order valence-electron chi connectivity index (χ0n) is 15.8. The monoisotopic (exact) mass is 393 g/mol. The number of anilines is 2. The van der Waals surface area contributed by atoms with Gasteiger partial charge in [0.2, 0.25) is 5.91 Å². The van der Waals surface area contributed by atoms with Crippen LogP contribution in [-0.2, 0) is 11.8 Å². The molecule has 1 N–H and O–H groups in total. The van der Waals surface area contributed by atoms with E-state index in [0.29, 0.717) is 0 Å². The van der Waals surface area contributed by atoms with Crippen molar-refractivity contribution in [3.63, 3.8) is 0 Å². The molecule has 7 heteroatoms. The summed E-state index contributed by atoms with van der Waals surface area (Å²) in [5, 5.41) is 12.1. The molecule has 1 aliphatic rings. The molecule has 0 spiro atoms. The summed E-state index contributed by atoms with van der Waals surface area (Å²) in [6, 6.07) is 18.0. The van der Waals surface area contributed by atoms with Gasteiger partial charge in [-0.3, -0.25) is 4.79 Å². The number of carbonyl (C=O) groups excluding carboxylic acids is 1. The van der Waals surface area contributed by atoms with Gasteiger partial charge < -0.3 is 14.8 Å². The van der Waals surface area contributed by atoms with Crippen molar-refractivity contribution in [1.82, 2.24) is 14.8 Å². The van der Waals surface area contributed by atoms with Crippen LogP contribution in [0.25, 0.3) is 11.4 Å². The van der Waals surface area contributed by atoms with Crippen LogP contribution in [0.5, 0.6) is 0 Å². The average Bonchev–Trinajstić information content (AvgIpc) is 3.38. The Bertz CT molecular complexity index is 933. The Morgan fingerprint density at radius 2 is 1.75 bits per heavy atom. The number of nitrogens with one attached hydrogen (secondary N) is 1. The van der Waals surface area contributed by atoms with Gasteiger partial charge in [-0.05, 0) is 37.1 Å². The summed E-state index contributed by atoms with van der Waals surface area (Å²) in [4.78, 5) is 14.7. The Morgan fingerprint density at radius 1 is 1.04 bits per heavy atom. The SMILES string of the molecule is Cn1c(SCC(=O)Nc2ccc(N3CCCC3)cc2)nnc1-c1ccccc1. The molecule has 4 rings (SSSR count). The van der Waals surface area contributed by atoms with Gasteiger partial charge >= 0.3 is 0 Å². The standard InChI is InChI=1S/C21H23N5OS/c1-25-20(16-7-3-2-4-8-16)23-24-21(25)28-15-19(27)22-17-9-11-18(12-10-17)26-13-5-6-14-26/h2-4,7-12H,5-6,13-15H2,1H3,(H,22,27). The summed E-state index contributed by atoms with van der Waals surface area (Å²) in [6.07, 6.45) is 2.51. The van der Waals surface area contributed by atoms with Crippen LogP contribution in [-0.4, -0.2) is 39.5 Å². The van der Waals surface area contributed by atoms with Gasteiger partial charge in [0.1, 0.15) is 0 Å². The molecule has 1 aliphatic heterocycles. The fraction of sp³-hybridized carbons (Fsp3) is 0.286. The molecule has 3 aromatic rings. The highest BCUT2D eigenvalue weighted by Gasteiger charge is 2.14. The number of aromatic nitrogens is 3. The topological polar surface area (TPSA) is 63.1 Å². The molecule has 6 nitrogen and oxygen atoms in total. The number of amides is 1. The van der Waals surface area contributed by atoms with Crippen molar-refractivity contribution >= 4 is 29.0 Å². The number of rotatable bonds is 6. The van der Waals surface area contributed by atoms with Gasteiger partial charge in [-0.25, -0.2) is 0 Å². The quantitative estimate of drug-likeness (QED) is 0.645. The summed E-state index contributed by atoms with van der Waals surface area (Å²) < 4.78 is 1.91. The molecule has 1 fully saturated rings. The second-order valence-corrected chi connectivity index (χ2v) is 7.75. The Labute approximate surface area is 169 Å². The van der Waals surface area contributed by atoms with Crippen molar-refractivity contribution in [1.29, 1.82) is 0 Å². The maximum Gasteiger partial charge on any atom is 0.234 e. The summed E-state index contributed by atoms with van der Waals surface area (Å²) in [7, 11) is 1.92. The molecule has 2 aromatic carbocycles. The first-order valence-corrected chi connectivity index (χ1v) is 10.4. The van der Waals surface area contributed by atoms with Crippen molar-refractivity contribution in [2.24, 2.45) is 7.05 Å². The van der Waals surface area contributed by atoms with E-state index in [2.05, 4.69) is 32.5 Å². The Hall–Kier alpha value is -2.80. The van der Waals surface area contributed by atoms with Crippen molar-refractivity contribution in [3.05, 3.63) is 54.6 Å². The lowest BCUT2D eigenvalue weighted by Crippen LogP contribution is -2.18. The molecule has 2 heterocycles. The van der Waals surface area contributed by atoms with Crippen LogP contribution in [0.2, 0.25) is 0 Å². The minimum Gasteiger partial charge on any atom is -0.372 e. The van der Waals surface area contributed by atoms with Gasteiger partial charge in [-0.1, -0.05) is 42.1 Å². The third kappa shape index (κ3) is 4.20. The van der Waals surface area contributed by atoms with Crippen LogP contribution in [0.3, 0.4) is 0 Å². The maximum atomic E-state index is 12.3. The maximum absolute atomic E-state index is 12.3. The van der Waals surface area contributed by atoms with E-state index in [-0.39, 0.29) is 11.7 Å². The van der Waals surface area contributed by atoms with Crippen LogP contribution < -0.4 is 10.2 Å². The molecule has 144 valence electrons. The molecule has 0 radical (unpaired) electrons. The Morgan fingerprint density at radius 3 is 2.46 bits per heavy atom. The van der Waals surface area contributed by atoms with E-state index in [1.54, 1.807) is 0 Å². The van der Waals surface area contributed by atoms with Crippen molar-refractivity contribution in [2.45, 2.75) is 18.0 Å². The van der Waals surface area contributed by atoms with Gasteiger partial charge in [0.05, 0.1) is 5.75 Å². The smallest absolute Gasteiger partial charge is 0.234 e. The molecule has 0 atom stereocenters. The molecule has 28 heavy (non-hydrogen) atoms. The molecule has 1 aromatic heterocycles. The summed E-state index contributed by atoms with van der Waals surface area (Å²) in [5.41, 5.74) is 3.04. The summed E-state index contributed by atoms with van der Waals surface area (Å²) in [6.45, 7) is 2.23. The van der Waals surface area contributed by atoms with Crippen LogP contribution >= 0.6 is 11.8 Å². The molecule has 1 amide bonds. The lowest BCUT2D eigenvalue weighted by atomic mass is 10.2. The van der Waals surface area contributed by atoms with Crippen LogP contribution in [0.15, 0.2) is 59.8 Å². The van der Waals surface area contributed by atoms with Gasteiger partial charge in [-0.15, -0.1) is 10.2 Å². The van der Waals surface area contributed by atoms with Crippen LogP contribution in [0, 0.1) is 0 Å². The molecule has 0 unspecified atom stereocenters. The second kappa shape index (κ2) is 8.48. The highest BCUT2D eigenvalue weighted by Crippen LogP contribution is 2.24. The number of hydrogen-bond donors (Lipinski definition) is 1. The molecule has 0 bridgehead atoms. The number of hydrogen-bond acceptors (Lipinski definition) is 5. The van der Waals surface area contributed by atoms with E-state index in [0.717, 1.165) is 35.3 Å². The third-order valence-electron chi connectivity index (χ3n) is 4.82. The molecular formula is C21H23N5OS. The summed E-state index contributed by atoms with van der Waals surface area (Å²) in [5.74, 6) is 1.03. The first-order valence-electron chi connectivity index (χ1n) is 9.43. The van der Waals surface area contributed by atoms with Gasteiger partial charge in [-0.2, -0.15) is 0 Å².